The smallest absolute Gasteiger partial charge is 0.339 e. The van der Waals surface area contributed by atoms with E-state index in [4.69, 9.17) is 4.74 Å². The molecular weight excluding hydrogens is 324 g/mol. The molecular formula is C17H18N4O2S. The molecule has 1 aromatic carbocycles. The second-order valence-electron chi connectivity index (χ2n) is 5.34. The topological polar surface area (TPSA) is 67.3 Å². The molecule has 0 spiro atoms. The van der Waals surface area contributed by atoms with Gasteiger partial charge in [0, 0.05) is 30.9 Å². The van der Waals surface area contributed by atoms with Crippen molar-refractivity contribution in [2.45, 2.75) is 6.92 Å². The lowest BCUT2D eigenvalue weighted by atomic mass is 10.2. The Labute approximate surface area is 144 Å². The number of benzene rings is 1. The van der Waals surface area contributed by atoms with Gasteiger partial charge in [-0.1, -0.05) is 0 Å². The minimum atomic E-state index is -0.357. The van der Waals surface area contributed by atoms with E-state index in [2.05, 4.69) is 15.3 Å². The average Bonchev–Trinajstić information content (AvgIpc) is 3.01. The molecule has 0 aliphatic carbocycles. The molecule has 3 aromatic rings. The Morgan fingerprint density at radius 3 is 2.67 bits per heavy atom. The summed E-state index contributed by atoms with van der Waals surface area (Å²) in [6, 6.07) is 7.97. The molecule has 0 aliphatic rings. The zero-order valence-electron chi connectivity index (χ0n) is 13.7. The molecule has 0 saturated carbocycles. The summed E-state index contributed by atoms with van der Waals surface area (Å²) in [7, 11) is 3.99. The van der Waals surface area contributed by atoms with Crippen LogP contribution < -0.4 is 10.2 Å². The molecule has 0 bridgehead atoms. The van der Waals surface area contributed by atoms with Gasteiger partial charge < -0.3 is 15.0 Å². The molecule has 0 atom stereocenters. The van der Waals surface area contributed by atoms with Crippen molar-refractivity contribution in [3.8, 4) is 0 Å². The zero-order valence-corrected chi connectivity index (χ0v) is 14.6. The Hall–Kier alpha value is -2.67. The van der Waals surface area contributed by atoms with E-state index < -0.39 is 0 Å². The van der Waals surface area contributed by atoms with Crippen molar-refractivity contribution < 1.29 is 9.53 Å². The van der Waals surface area contributed by atoms with E-state index >= 15 is 0 Å². The molecule has 0 aliphatic heterocycles. The van der Waals surface area contributed by atoms with Crippen LogP contribution >= 0.6 is 11.3 Å². The van der Waals surface area contributed by atoms with Crippen LogP contribution in [0.15, 0.2) is 36.0 Å². The predicted octanol–water partition coefficient (Wildman–Crippen LogP) is 3.68. The first-order valence-corrected chi connectivity index (χ1v) is 8.42. The number of esters is 1. The van der Waals surface area contributed by atoms with Crippen molar-refractivity contribution in [1.82, 2.24) is 9.97 Å². The first-order chi connectivity index (χ1) is 11.6. The van der Waals surface area contributed by atoms with Crippen molar-refractivity contribution in [1.29, 1.82) is 0 Å². The fraction of sp³-hybridized carbons (Fsp3) is 0.235. The molecule has 0 saturated heterocycles. The van der Waals surface area contributed by atoms with E-state index in [1.165, 1.54) is 17.7 Å². The van der Waals surface area contributed by atoms with Gasteiger partial charge in [0.05, 0.1) is 17.6 Å². The van der Waals surface area contributed by atoms with Crippen LogP contribution in [0.4, 0.5) is 17.2 Å². The highest BCUT2D eigenvalue weighted by atomic mass is 32.1. The van der Waals surface area contributed by atoms with Crippen LogP contribution in [0.5, 0.6) is 0 Å². The lowest BCUT2D eigenvalue weighted by Crippen LogP contribution is -2.08. The third-order valence-electron chi connectivity index (χ3n) is 3.51. The molecule has 2 heterocycles. The summed E-state index contributed by atoms with van der Waals surface area (Å²) in [6.07, 6.45) is 1.49. The molecule has 6 nitrogen and oxygen atoms in total. The van der Waals surface area contributed by atoms with Crippen LogP contribution in [0.2, 0.25) is 0 Å². The number of ether oxygens (including phenoxy) is 1. The molecule has 0 fully saturated rings. The monoisotopic (exact) mass is 342 g/mol. The normalized spacial score (nSPS) is 10.6. The van der Waals surface area contributed by atoms with Crippen molar-refractivity contribution in [3.05, 3.63) is 41.5 Å². The van der Waals surface area contributed by atoms with Gasteiger partial charge in [-0.3, -0.25) is 0 Å². The van der Waals surface area contributed by atoms with Gasteiger partial charge in [-0.2, -0.15) is 0 Å². The molecule has 124 valence electrons. The summed E-state index contributed by atoms with van der Waals surface area (Å²) in [5.74, 6) is 0.242. The van der Waals surface area contributed by atoms with Gasteiger partial charge in [-0.25, -0.2) is 14.8 Å². The van der Waals surface area contributed by atoms with E-state index in [9.17, 15) is 4.79 Å². The molecule has 0 amide bonds. The fourth-order valence-corrected chi connectivity index (χ4v) is 3.18. The number of rotatable bonds is 5. The van der Waals surface area contributed by atoms with Crippen molar-refractivity contribution >= 4 is 44.7 Å². The number of fused-ring (bicyclic) bond motifs is 1. The largest absolute Gasteiger partial charge is 0.462 e. The standard InChI is InChI=1S/C17H18N4O2S/c1-4-23-17(22)13-9-24-16-14(13)15(18-10-19-16)20-11-5-7-12(8-6-11)21(2)3/h5-10H,4H2,1-3H3,(H,18,19,20). The van der Waals surface area contributed by atoms with Gasteiger partial charge >= 0.3 is 5.97 Å². The third kappa shape index (κ3) is 3.16. The Balaban J connectivity index is 1.97. The lowest BCUT2D eigenvalue weighted by molar-refractivity contribution is 0.0529. The quantitative estimate of drug-likeness (QED) is 0.714. The highest BCUT2D eigenvalue weighted by Crippen LogP contribution is 2.31. The first kappa shape index (κ1) is 16.2. The summed E-state index contributed by atoms with van der Waals surface area (Å²) in [5, 5.41) is 5.72. The van der Waals surface area contributed by atoms with Crippen molar-refractivity contribution in [3.63, 3.8) is 0 Å². The van der Waals surface area contributed by atoms with Crippen LogP contribution in [0.25, 0.3) is 10.2 Å². The third-order valence-corrected chi connectivity index (χ3v) is 4.40. The highest BCUT2D eigenvalue weighted by molar-refractivity contribution is 7.17. The van der Waals surface area contributed by atoms with E-state index in [0.717, 1.165) is 16.2 Å². The number of aromatic nitrogens is 2. The Morgan fingerprint density at radius 2 is 2.00 bits per heavy atom. The Bertz CT molecular complexity index is 859. The number of thiophene rings is 1. The molecule has 24 heavy (non-hydrogen) atoms. The maximum Gasteiger partial charge on any atom is 0.339 e. The fourth-order valence-electron chi connectivity index (χ4n) is 2.31. The molecule has 1 N–H and O–H groups in total. The van der Waals surface area contributed by atoms with E-state index in [1.807, 2.05) is 43.3 Å². The van der Waals surface area contributed by atoms with Gasteiger partial charge in [0.2, 0.25) is 0 Å². The van der Waals surface area contributed by atoms with E-state index in [0.29, 0.717) is 23.4 Å². The van der Waals surface area contributed by atoms with E-state index in [-0.39, 0.29) is 5.97 Å². The molecule has 0 radical (unpaired) electrons. The number of nitrogens with one attached hydrogen (secondary N) is 1. The van der Waals surface area contributed by atoms with Crippen LogP contribution in [-0.4, -0.2) is 36.6 Å². The minimum absolute atomic E-state index is 0.332. The van der Waals surface area contributed by atoms with Crippen molar-refractivity contribution in [2.24, 2.45) is 0 Å². The molecule has 2 aromatic heterocycles. The summed E-state index contributed by atoms with van der Waals surface area (Å²) in [5.41, 5.74) is 2.49. The SMILES string of the molecule is CCOC(=O)c1csc2ncnc(Nc3ccc(N(C)C)cc3)c12. The number of hydrogen-bond acceptors (Lipinski definition) is 7. The Kier molecular flexibility index (Phi) is 4.61. The minimum Gasteiger partial charge on any atom is -0.462 e. The van der Waals surface area contributed by atoms with Crippen molar-refractivity contribution in [2.75, 3.05) is 30.9 Å². The molecule has 0 unspecified atom stereocenters. The van der Waals surface area contributed by atoms with Crippen LogP contribution in [0.3, 0.4) is 0 Å². The second kappa shape index (κ2) is 6.84. The van der Waals surface area contributed by atoms with Gasteiger partial charge in [0.15, 0.2) is 0 Å². The predicted molar refractivity (Wildman–Crippen MR) is 97.4 cm³/mol. The van der Waals surface area contributed by atoms with Gasteiger partial charge in [0.25, 0.3) is 0 Å². The summed E-state index contributed by atoms with van der Waals surface area (Å²) in [4.78, 5) is 23.5. The highest BCUT2D eigenvalue weighted by Gasteiger charge is 2.18. The number of carbonyl (C=O) groups is 1. The number of hydrogen-bond donors (Lipinski definition) is 1. The first-order valence-electron chi connectivity index (χ1n) is 7.54. The van der Waals surface area contributed by atoms with Gasteiger partial charge in [-0.05, 0) is 31.2 Å². The molecule has 7 heteroatoms. The average molecular weight is 342 g/mol. The zero-order chi connectivity index (χ0) is 17.1. The van der Waals surface area contributed by atoms with Crippen LogP contribution in [-0.2, 0) is 4.74 Å². The summed E-state index contributed by atoms with van der Waals surface area (Å²) < 4.78 is 5.12. The summed E-state index contributed by atoms with van der Waals surface area (Å²) >= 11 is 1.40. The van der Waals surface area contributed by atoms with Crippen LogP contribution in [0.1, 0.15) is 17.3 Å². The van der Waals surface area contributed by atoms with Gasteiger partial charge in [0.1, 0.15) is 17.0 Å². The Morgan fingerprint density at radius 1 is 1.25 bits per heavy atom. The number of anilines is 3. The number of carbonyl (C=O) groups excluding carboxylic acids is 1. The lowest BCUT2D eigenvalue weighted by Gasteiger charge is -2.13. The van der Waals surface area contributed by atoms with Gasteiger partial charge in [-0.15, -0.1) is 11.3 Å². The maximum absolute atomic E-state index is 12.1. The van der Waals surface area contributed by atoms with Crippen LogP contribution in [0, 0.1) is 0 Å². The summed E-state index contributed by atoms with van der Waals surface area (Å²) in [6.45, 7) is 2.12. The second-order valence-corrected chi connectivity index (χ2v) is 6.20. The number of nitrogens with zero attached hydrogens (tertiary/aromatic N) is 3. The maximum atomic E-state index is 12.1. The molecule has 3 rings (SSSR count). The van der Waals surface area contributed by atoms with E-state index in [1.54, 1.807) is 12.3 Å².